The number of nitrogens with zero attached hydrogens (tertiary/aromatic N) is 7. The van der Waals surface area contributed by atoms with Gasteiger partial charge in [-0.25, -0.2) is 14.4 Å². The number of hydrazone groups is 1. The van der Waals surface area contributed by atoms with Gasteiger partial charge in [0.2, 0.25) is 11.6 Å². The van der Waals surface area contributed by atoms with Crippen LogP contribution in [0.5, 0.6) is 5.75 Å². The minimum absolute atomic E-state index is 0.0185. The van der Waals surface area contributed by atoms with Crippen molar-refractivity contribution in [3.8, 4) is 11.6 Å². The summed E-state index contributed by atoms with van der Waals surface area (Å²) < 4.78 is 24.6. The van der Waals surface area contributed by atoms with Crippen molar-refractivity contribution in [1.82, 2.24) is 35.6 Å². The second-order valence-electron chi connectivity index (χ2n) is 7.69. The number of carbonyl (C=O) groups excluding carboxylic acids is 1. The summed E-state index contributed by atoms with van der Waals surface area (Å²) in [7, 11) is 3.66. The number of hydrogen-bond donors (Lipinski definition) is 2. The second kappa shape index (κ2) is 10.5. The van der Waals surface area contributed by atoms with E-state index in [4.69, 9.17) is 10.5 Å². The molecule has 4 aromatic rings. The maximum Gasteiger partial charge on any atom is 0.293 e. The Labute approximate surface area is 199 Å². The Morgan fingerprint density at radius 1 is 1.20 bits per heavy atom. The molecule has 3 N–H and O–H groups in total. The molecule has 0 fully saturated rings. The largest absolute Gasteiger partial charge is 0.489 e. The highest BCUT2D eigenvalue weighted by Gasteiger charge is 2.24. The van der Waals surface area contributed by atoms with Crippen LogP contribution in [0.3, 0.4) is 0 Å². The fourth-order valence-corrected chi connectivity index (χ4v) is 3.04. The van der Waals surface area contributed by atoms with E-state index in [9.17, 15) is 9.18 Å². The molecular weight excluding hydrogens is 457 g/mol. The molecule has 4 rings (SSSR count). The lowest BCUT2D eigenvalue weighted by molar-refractivity contribution is 0.0948. The van der Waals surface area contributed by atoms with E-state index in [1.54, 1.807) is 36.4 Å². The first-order valence-electron chi connectivity index (χ1n) is 10.4. The van der Waals surface area contributed by atoms with Crippen LogP contribution in [0.2, 0.25) is 0 Å². The number of anilines is 1. The Morgan fingerprint density at radius 3 is 2.60 bits per heavy atom. The monoisotopic (exact) mass is 479 g/mol. The molecule has 0 saturated carbocycles. The minimum atomic E-state index is -0.557. The van der Waals surface area contributed by atoms with Crippen LogP contribution >= 0.6 is 0 Å². The first kappa shape index (κ1) is 23.5. The molecule has 180 valence electrons. The van der Waals surface area contributed by atoms with Crippen molar-refractivity contribution in [3.63, 3.8) is 0 Å². The average Bonchev–Trinajstić information content (AvgIpc) is 3.44. The van der Waals surface area contributed by atoms with E-state index in [0.717, 1.165) is 11.1 Å². The number of benzene rings is 2. The maximum atomic E-state index is 13.0. The number of hydrogen-bond acceptors (Lipinski definition) is 10. The molecule has 0 atom stereocenters. The number of nitrogens with one attached hydrogen (secondary N) is 1. The standard InChI is InChI=1S/C22H22FN9O3/c1-31(2)12-18-19(26-30-32(18)21-20(24)28-35-29-21)22(33)27-25-11-14-5-9-17(10-6-14)34-13-15-3-7-16(23)8-4-15/h3-11H,12-13H2,1-2H3,(H2,24,28)(H,27,33)/b25-11+. The zero-order valence-corrected chi connectivity index (χ0v) is 18.9. The van der Waals surface area contributed by atoms with Gasteiger partial charge < -0.3 is 15.4 Å². The van der Waals surface area contributed by atoms with Gasteiger partial charge in [-0.05, 0) is 71.9 Å². The average molecular weight is 479 g/mol. The second-order valence-corrected chi connectivity index (χ2v) is 7.69. The molecule has 35 heavy (non-hydrogen) atoms. The van der Waals surface area contributed by atoms with E-state index in [-0.39, 0.29) is 23.1 Å². The normalized spacial score (nSPS) is 11.3. The highest BCUT2D eigenvalue weighted by molar-refractivity contribution is 5.94. The molecule has 2 aromatic carbocycles. The van der Waals surface area contributed by atoms with E-state index < -0.39 is 5.91 Å². The van der Waals surface area contributed by atoms with Gasteiger partial charge in [-0.2, -0.15) is 9.78 Å². The third-order valence-electron chi connectivity index (χ3n) is 4.72. The van der Waals surface area contributed by atoms with Gasteiger partial charge in [0.25, 0.3) is 5.91 Å². The number of amides is 1. The number of rotatable bonds is 9. The summed E-state index contributed by atoms with van der Waals surface area (Å²) in [5, 5.41) is 19.2. The zero-order valence-electron chi connectivity index (χ0n) is 18.9. The predicted octanol–water partition coefficient (Wildman–Crippen LogP) is 1.78. The molecule has 0 radical (unpaired) electrons. The first-order valence-corrected chi connectivity index (χ1v) is 10.4. The molecule has 2 heterocycles. The lowest BCUT2D eigenvalue weighted by Crippen LogP contribution is -2.23. The molecule has 0 aliphatic carbocycles. The lowest BCUT2D eigenvalue weighted by Gasteiger charge is -2.11. The zero-order chi connectivity index (χ0) is 24.8. The smallest absolute Gasteiger partial charge is 0.293 e. The van der Waals surface area contributed by atoms with E-state index in [2.05, 4.69) is 35.8 Å². The third-order valence-corrected chi connectivity index (χ3v) is 4.72. The maximum absolute atomic E-state index is 13.0. The van der Waals surface area contributed by atoms with Crippen molar-refractivity contribution in [3.05, 3.63) is 76.9 Å². The number of halogens is 1. The topological polar surface area (TPSA) is 150 Å². The van der Waals surface area contributed by atoms with Crippen LogP contribution < -0.4 is 15.9 Å². The number of carbonyl (C=O) groups is 1. The van der Waals surface area contributed by atoms with Crippen molar-refractivity contribution < 1.29 is 18.6 Å². The first-order chi connectivity index (χ1) is 16.9. The quantitative estimate of drug-likeness (QED) is 0.270. The molecule has 0 unspecified atom stereocenters. The number of ether oxygens (including phenoxy) is 1. The predicted molar refractivity (Wildman–Crippen MR) is 123 cm³/mol. The molecule has 0 bridgehead atoms. The van der Waals surface area contributed by atoms with Gasteiger partial charge in [0.1, 0.15) is 18.2 Å². The van der Waals surface area contributed by atoms with Crippen LogP contribution in [0, 0.1) is 5.82 Å². The van der Waals surface area contributed by atoms with E-state index in [1.807, 2.05) is 19.0 Å². The molecule has 1 amide bonds. The van der Waals surface area contributed by atoms with Gasteiger partial charge >= 0.3 is 0 Å². The molecule has 0 spiro atoms. The van der Waals surface area contributed by atoms with Crippen LogP contribution in [0.4, 0.5) is 10.2 Å². The van der Waals surface area contributed by atoms with E-state index in [1.165, 1.54) is 23.0 Å². The van der Waals surface area contributed by atoms with Crippen molar-refractivity contribution in [1.29, 1.82) is 0 Å². The van der Waals surface area contributed by atoms with Gasteiger partial charge in [-0.15, -0.1) is 5.10 Å². The molecule has 2 aromatic heterocycles. The Bertz CT molecular complexity index is 1310. The van der Waals surface area contributed by atoms with Crippen LogP contribution in [0.1, 0.15) is 27.3 Å². The van der Waals surface area contributed by atoms with Crippen molar-refractivity contribution in [2.75, 3.05) is 19.8 Å². The number of nitrogens with two attached hydrogens (primary N) is 1. The molecule has 0 aliphatic rings. The summed E-state index contributed by atoms with van der Waals surface area (Å²) in [6.45, 7) is 0.640. The van der Waals surface area contributed by atoms with E-state index >= 15 is 0 Å². The molecular formula is C22H22FN9O3. The summed E-state index contributed by atoms with van der Waals surface area (Å²) >= 11 is 0. The van der Waals surface area contributed by atoms with E-state index in [0.29, 0.717) is 24.6 Å². The van der Waals surface area contributed by atoms with Gasteiger partial charge in [-0.1, -0.05) is 17.3 Å². The highest BCUT2D eigenvalue weighted by atomic mass is 19.1. The van der Waals surface area contributed by atoms with Crippen molar-refractivity contribution >= 4 is 17.9 Å². The molecule has 0 saturated heterocycles. The molecule has 13 heteroatoms. The Morgan fingerprint density at radius 2 is 1.94 bits per heavy atom. The third kappa shape index (κ3) is 5.83. The van der Waals surface area contributed by atoms with Crippen LogP contribution in [0.25, 0.3) is 5.82 Å². The summed E-state index contributed by atoms with van der Waals surface area (Å²) in [4.78, 5) is 14.5. The van der Waals surface area contributed by atoms with Crippen LogP contribution in [0.15, 0.2) is 58.3 Å². The van der Waals surface area contributed by atoms with Crippen LogP contribution in [-0.2, 0) is 13.2 Å². The Kier molecular flexibility index (Phi) is 7.07. The summed E-state index contributed by atoms with van der Waals surface area (Å²) in [6, 6.07) is 13.2. The SMILES string of the molecule is CN(C)Cc1c(C(=O)N/N=C/c2ccc(OCc3ccc(F)cc3)cc2)nnn1-c1nonc1N. The van der Waals surface area contributed by atoms with Gasteiger partial charge in [0, 0.05) is 6.54 Å². The lowest BCUT2D eigenvalue weighted by atomic mass is 10.2. The summed E-state index contributed by atoms with van der Waals surface area (Å²) in [6.07, 6.45) is 1.48. The van der Waals surface area contributed by atoms with Gasteiger partial charge in [0.05, 0.1) is 11.9 Å². The Balaban J connectivity index is 1.38. The molecule has 0 aliphatic heterocycles. The number of nitrogen functional groups attached to an aromatic ring is 1. The summed E-state index contributed by atoms with van der Waals surface area (Å²) in [5.74, 6) is -0.0516. The minimum Gasteiger partial charge on any atom is -0.489 e. The Hall–Kier alpha value is -4.65. The van der Waals surface area contributed by atoms with Gasteiger partial charge in [-0.3, -0.25) is 4.79 Å². The summed E-state index contributed by atoms with van der Waals surface area (Å²) in [5.41, 5.74) is 10.3. The highest BCUT2D eigenvalue weighted by Crippen LogP contribution is 2.17. The fourth-order valence-electron chi connectivity index (χ4n) is 3.04. The van der Waals surface area contributed by atoms with Crippen molar-refractivity contribution in [2.45, 2.75) is 13.2 Å². The van der Waals surface area contributed by atoms with Crippen LogP contribution in [-0.4, -0.2) is 56.4 Å². The van der Waals surface area contributed by atoms with Crippen molar-refractivity contribution in [2.24, 2.45) is 5.10 Å². The van der Waals surface area contributed by atoms with Gasteiger partial charge in [0.15, 0.2) is 5.69 Å². The fraction of sp³-hybridized carbons (Fsp3) is 0.182. The molecule has 12 nitrogen and oxygen atoms in total. The number of aromatic nitrogens is 5.